The van der Waals surface area contributed by atoms with Crippen molar-refractivity contribution in [3.8, 4) is 6.07 Å². The van der Waals surface area contributed by atoms with E-state index in [1.165, 1.54) is 18.5 Å². The molecule has 78 valence electrons. The van der Waals surface area contributed by atoms with E-state index in [-0.39, 0.29) is 0 Å². The minimum atomic E-state index is 0.616. The Morgan fingerprint density at radius 3 is 2.87 bits per heavy atom. The van der Waals surface area contributed by atoms with Crippen LogP contribution in [0.4, 0.5) is 5.69 Å². The minimum absolute atomic E-state index is 0.616. The van der Waals surface area contributed by atoms with Crippen LogP contribution >= 0.6 is 15.9 Å². The first-order valence-electron chi connectivity index (χ1n) is 5.18. The second-order valence-corrected chi connectivity index (χ2v) is 4.81. The number of hydrogen-bond acceptors (Lipinski definition) is 2. The largest absolute Gasteiger partial charge is 0.369 e. The van der Waals surface area contributed by atoms with Crippen LogP contribution in [0.1, 0.15) is 25.3 Å². The Morgan fingerprint density at radius 1 is 1.53 bits per heavy atom. The van der Waals surface area contributed by atoms with Gasteiger partial charge in [-0.3, -0.25) is 0 Å². The molecule has 0 saturated carbocycles. The van der Waals surface area contributed by atoms with E-state index in [9.17, 15) is 0 Å². The molecule has 1 aromatic rings. The lowest BCUT2D eigenvalue weighted by atomic mass is 10.2. The van der Waals surface area contributed by atoms with Crippen LogP contribution in [-0.2, 0) is 0 Å². The first-order valence-corrected chi connectivity index (χ1v) is 5.98. The average Bonchev–Trinajstić information content (AvgIpc) is 2.64. The summed E-state index contributed by atoms with van der Waals surface area (Å²) in [6, 6.07) is 8.73. The van der Waals surface area contributed by atoms with Gasteiger partial charge in [0.05, 0.1) is 5.56 Å². The lowest BCUT2D eigenvalue weighted by Crippen LogP contribution is -2.26. The summed E-state index contributed by atoms with van der Waals surface area (Å²) in [4.78, 5) is 2.39. The highest BCUT2D eigenvalue weighted by atomic mass is 79.9. The van der Waals surface area contributed by atoms with Gasteiger partial charge in [-0.1, -0.05) is 0 Å². The maximum Gasteiger partial charge on any atom is 0.100 e. The number of anilines is 1. The molecular formula is C12H13BrN2. The van der Waals surface area contributed by atoms with E-state index in [0.717, 1.165) is 11.0 Å². The van der Waals surface area contributed by atoms with Gasteiger partial charge in [-0.05, 0) is 53.9 Å². The normalized spacial score (nSPS) is 20.3. The predicted octanol–water partition coefficient (Wildman–Crippen LogP) is 3.31. The number of benzene rings is 1. The molecule has 0 spiro atoms. The smallest absolute Gasteiger partial charge is 0.100 e. The second-order valence-electron chi connectivity index (χ2n) is 3.96. The van der Waals surface area contributed by atoms with E-state index in [1.807, 2.05) is 18.2 Å². The fraction of sp³-hybridized carbons (Fsp3) is 0.417. The maximum absolute atomic E-state index is 8.83. The zero-order valence-electron chi connectivity index (χ0n) is 8.70. The Labute approximate surface area is 98.6 Å². The molecule has 15 heavy (non-hydrogen) atoms. The molecule has 1 heterocycles. The van der Waals surface area contributed by atoms with E-state index in [1.54, 1.807) is 0 Å². The zero-order chi connectivity index (χ0) is 10.8. The van der Waals surface area contributed by atoms with Crippen molar-refractivity contribution in [2.45, 2.75) is 25.8 Å². The van der Waals surface area contributed by atoms with Crippen molar-refractivity contribution in [1.82, 2.24) is 0 Å². The third-order valence-corrected chi connectivity index (χ3v) is 3.61. The summed E-state index contributed by atoms with van der Waals surface area (Å²) in [6.07, 6.45) is 2.52. The van der Waals surface area contributed by atoms with E-state index in [4.69, 9.17) is 5.26 Å². The molecule has 0 aromatic heterocycles. The standard InChI is InChI=1S/C12H13BrN2/c1-9-3-2-6-15(9)11-5-4-10(8-14)12(13)7-11/h4-5,7,9H,2-3,6H2,1H3. The van der Waals surface area contributed by atoms with Gasteiger partial charge in [0.15, 0.2) is 0 Å². The van der Waals surface area contributed by atoms with Gasteiger partial charge in [0.25, 0.3) is 0 Å². The van der Waals surface area contributed by atoms with Crippen molar-refractivity contribution in [2.75, 3.05) is 11.4 Å². The monoisotopic (exact) mass is 264 g/mol. The second kappa shape index (κ2) is 4.24. The topological polar surface area (TPSA) is 27.0 Å². The molecule has 1 atom stereocenters. The van der Waals surface area contributed by atoms with Crippen molar-refractivity contribution >= 4 is 21.6 Å². The molecular weight excluding hydrogens is 252 g/mol. The van der Waals surface area contributed by atoms with Crippen molar-refractivity contribution in [3.63, 3.8) is 0 Å². The van der Waals surface area contributed by atoms with Gasteiger partial charge in [-0.25, -0.2) is 0 Å². The van der Waals surface area contributed by atoms with Gasteiger partial charge in [0.2, 0.25) is 0 Å². The zero-order valence-corrected chi connectivity index (χ0v) is 10.3. The SMILES string of the molecule is CC1CCCN1c1ccc(C#N)c(Br)c1. The molecule has 1 aromatic carbocycles. The summed E-state index contributed by atoms with van der Waals surface area (Å²) < 4.78 is 0.890. The number of hydrogen-bond donors (Lipinski definition) is 0. The summed E-state index contributed by atoms with van der Waals surface area (Å²) in [5.74, 6) is 0. The summed E-state index contributed by atoms with van der Waals surface area (Å²) in [5.41, 5.74) is 1.91. The van der Waals surface area contributed by atoms with E-state index in [2.05, 4.69) is 33.8 Å². The first-order chi connectivity index (χ1) is 7.22. The highest BCUT2D eigenvalue weighted by Crippen LogP contribution is 2.29. The van der Waals surface area contributed by atoms with Crippen LogP contribution in [0.15, 0.2) is 22.7 Å². The van der Waals surface area contributed by atoms with Gasteiger partial charge < -0.3 is 4.90 Å². The molecule has 0 N–H and O–H groups in total. The summed E-state index contributed by atoms with van der Waals surface area (Å²) in [7, 11) is 0. The first kappa shape index (κ1) is 10.5. The minimum Gasteiger partial charge on any atom is -0.369 e. The Kier molecular flexibility index (Phi) is 2.97. The lowest BCUT2D eigenvalue weighted by Gasteiger charge is -2.24. The molecule has 2 rings (SSSR count). The van der Waals surface area contributed by atoms with E-state index >= 15 is 0 Å². The van der Waals surface area contributed by atoms with Crippen LogP contribution in [0.3, 0.4) is 0 Å². The van der Waals surface area contributed by atoms with Crippen LogP contribution < -0.4 is 4.90 Å². The van der Waals surface area contributed by atoms with E-state index < -0.39 is 0 Å². The Balaban J connectivity index is 2.30. The molecule has 0 aliphatic carbocycles. The third-order valence-electron chi connectivity index (χ3n) is 2.96. The van der Waals surface area contributed by atoms with Crippen LogP contribution in [0.25, 0.3) is 0 Å². The molecule has 0 bridgehead atoms. The van der Waals surface area contributed by atoms with Gasteiger partial charge in [-0.2, -0.15) is 5.26 Å². The Morgan fingerprint density at radius 2 is 2.33 bits per heavy atom. The van der Waals surface area contributed by atoms with Gasteiger partial charge in [0.1, 0.15) is 6.07 Å². The summed E-state index contributed by atoms with van der Waals surface area (Å²) in [6.45, 7) is 3.37. The molecule has 1 unspecified atom stereocenters. The molecule has 1 saturated heterocycles. The molecule has 1 aliphatic rings. The van der Waals surface area contributed by atoms with Crippen LogP contribution in [0.2, 0.25) is 0 Å². The van der Waals surface area contributed by atoms with Crippen molar-refractivity contribution in [1.29, 1.82) is 5.26 Å². The quantitative estimate of drug-likeness (QED) is 0.778. The number of nitrogens with zero attached hydrogens (tertiary/aromatic N) is 2. The maximum atomic E-state index is 8.83. The van der Waals surface area contributed by atoms with Crippen molar-refractivity contribution in [2.24, 2.45) is 0 Å². The van der Waals surface area contributed by atoms with Crippen LogP contribution in [-0.4, -0.2) is 12.6 Å². The molecule has 3 heteroatoms. The number of halogens is 1. The highest BCUT2D eigenvalue weighted by molar-refractivity contribution is 9.10. The third kappa shape index (κ3) is 2.00. The van der Waals surface area contributed by atoms with Crippen molar-refractivity contribution < 1.29 is 0 Å². The van der Waals surface area contributed by atoms with Crippen LogP contribution in [0.5, 0.6) is 0 Å². The molecule has 1 fully saturated rings. The average molecular weight is 265 g/mol. The summed E-state index contributed by atoms with van der Waals surface area (Å²) >= 11 is 3.43. The highest BCUT2D eigenvalue weighted by Gasteiger charge is 2.20. The fourth-order valence-electron chi connectivity index (χ4n) is 2.09. The number of nitriles is 1. The Hall–Kier alpha value is -1.01. The van der Waals surface area contributed by atoms with Crippen LogP contribution in [0, 0.1) is 11.3 Å². The Bertz CT molecular complexity index is 409. The molecule has 0 radical (unpaired) electrons. The lowest BCUT2D eigenvalue weighted by molar-refractivity contribution is 0.735. The van der Waals surface area contributed by atoms with Gasteiger partial charge in [0, 0.05) is 22.7 Å². The number of rotatable bonds is 1. The van der Waals surface area contributed by atoms with Gasteiger partial charge in [-0.15, -0.1) is 0 Å². The summed E-state index contributed by atoms with van der Waals surface area (Å²) in [5, 5.41) is 8.83. The fourth-order valence-corrected chi connectivity index (χ4v) is 2.55. The molecule has 0 amide bonds. The predicted molar refractivity (Wildman–Crippen MR) is 64.9 cm³/mol. The molecule has 1 aliphatic heterocycles. The van der Waals surface area contributed by atoms with E-state index in [0.29, 0.717) is 11.6 Å². The van der Waals surface area contributed by atoms with Crippen molar-refractivity contribution in [3.05, 3.63) is 28.2 Å². The van der Waals surface area contributed by atoms with Gasteiger partial charge >= 0.3 is 0 Å². The molecule has 2 nitrogen and oxygen atoms in total.